The first kappa shape index (κ1) is 16.0. The fourth-order valence-electron chi connectivity index (χ4n) is 1.67. The molecule has 0 fully saturated rings. The first-order valence-electron chi connectivity index (χ1n) is 6.07. The van der Waals surface area contributed by atoms with Crippen LogP contribution >= 0.6 is 0 Å². The molecule has 1 unspecified atom stereocenters. The van der Waals surface area contributed by atoms with Crippen LogP contribution in [0.4, 0.5) is 14.5 Å². The minimum absolute atomic E-state index is 0.190. The Balaban J connectivity index is 2.95. The molecule has 0 spiro atoms. The first-order valence-corrected chi connectivity index (χ1v) is 6.07. The second-order valence-electron chi connectivity index (χ2n) is 4.90. The largest absolute Gasteiger partial charge is 0.366 e. The molecule has 0 aromatic heterocycles. The number of hydrogen-bond donors (Lipinski definition) is 3. The molecule has 2 amide bonds. The number of amides is 2. The van der Waals surface area contributed by atoms with Crippen LogP contribution in [0, 0.1) is 17.6 Å². The van der Waals surface area contributed by atoms with Crippen molar-refractivity contribution in [1.29, 1.82) is 0 Å². The van der Waals surface area contributed by atoms with Crippen molar-refractivity contribution in [1.82, 2.24) is 0 Å². The zero-order valence-corrected chi connectivity index (χ0v) is 11.2. The maximum Gasteiger partial charge on any atom is 0.251 e. The summed E-state index contributed by atoms with van der Waals surface area (Å²) < 4.78 is 26.8. The molecule has 1 rings (SSSR count). The maximum absolute atomic E-state index is 13.5. The van der Waals surface area contributed by atoms with E-state index in [1.54, 1.807) is 0 Å². The predicted molar refractivity (Wildman–Crippen MR) is 70.9 cm³/mol. The highest BCUT2D eigenvalue weighted by atomic mass is 19.1. The number of primary amides is 1. The van der Waals surface area contributed by atoms with Gasteiger partial charge in [0.1, 0.15) is 11.6 Å². The molecule has 0 aliphatic carbocycles. The number of rotatable bonds is 5. The van der Waals surface area contributed by atoms with Gasteiger partial charge in [-0.15, -0.1) is 0 Å². The van der Waals surface area contributed by atoms with Gasteiger partial charge in [0.25, 0.3) is 5.91 Å². The molecule has 1 atom stereocenters. The highest BCUT2D eigenvalue weighted by Crippen LogP contribution is 2.20. The number of carbonyl (C=O) groups is 2. The van der Waals surface area contributed by atoms with Crippen LogP contribution in [0.25, 0.3) is 0 Å². The molecule has 0 saturated heterocycles. The standard InChI is InChI=1S/C13H17F2N3O2/c1-6(2)3-10(16)13(20)18-11-4-7(12(17)19)8(14)5-9(11)15/h4-6,10H,3,16H2,1-2H3,(H2,17,19)(H,18,20). The third-order valence-electron chi connectivity index (χ3n) is 2.64. The normalized spacial score (nSPS) is 12.3. The second-order valence-corrected chi connectivity index (χ2v) is 4.90. The van der Waals surface area contributed by atoms with E-state index in [1.807, 2.05) is 13.8 Å². The number of nitrogens with two attached hydrogens (primary N) is 2. The van der Waals surface area contributed by atoms with E-state index >= 15 is 0 Å². The summed E-state index contributed by atoms with van der Waals surface area (Å²) in [6.45, 7) is 3.77. The smallest absolute Gasteiger partial charge is 0.251 e. The molecule has 0 heterocycles. The zero-order valence-electron chi connectivity index (χ0n) is 11.2. The third-order valence-corrected chi connectivity index (χ3v) is 2.64. The molecule has 0 radical (unpaired) electrons. The Morgan fingerprint density at radius 1 is 1.25 bits per heavy atom. The Bertz CT molecular complexity index is 533. The highest BCUT2D eigenvalue weighted by Gasteiger charge is 2.19. The number of nitrogens with one attached hydrogen (secondary N) is 1. The summed E-state index contributed by atoms with van der Waals surface area (Å²) >= 11 is 0. The van der Waals surface area contributed by atoms with E-state index < -0.39 is 35.1 Å². The van der Waals surface area contributed by atoms with Crippen molar-refractivity contribution in [2.24, 2.45) is 17.4 Å². The van der Waals surface area contributed by atoms with Crippen molar-refractivity contribution in [3.63, 3.8) is 0 Å². The summed E-state index contributed by atoms with van der Waals surface area (Å²) in [5, 5.41) is 2.22. The maximum atomic E-state index is 13.5. The minimum atomic E-state index is -1.08. The first-order chi connectivity index (χ1) is 9.22. The lowest BCUT2D eigenvalue weighted by Crippen LogP contribution is -2.37. The number of carbonyl (C=O) groups excluding carboxylic acids is 2. The van der Waals surface area contributed by atoms with Gasteiger partial charge in [0.2, 0.25) is 5.91 Å². The molecule has 5 N–H and O–H groups in total. The second kappa shape index (κ2) is 6.42. The van der Waals surface area contributed by atoms with Gasteiger partial charge >= 0.3 is 0 Å². The third kappa shape index (κ3) is 3.99. The van der Waals surface area contributed by atoms with E-state index in [2.05, 4.69) is 5.32 Å². The molecule has 110 valence electrons. The van der Waals surface area contributed by atoms with E-state index in [1.165, 1.54) is 0 Å². The lowest BCUT2D eigenvalue weighted by atomic mass is 10.0. The zero-order chi connectivity index (χ0) is 15.4. The average Bonchev–Trinajstić information content (AvgIpc) is 2.30. The van der Waals surface area contributed by atoms with Gasteiger partial charge in [-0.2, -0.15) is 0 Å². The van der Waals surface area contributed by atoms with Crippen LogP contribution in [0.15, 0.2) is 12.1 Å². The fraction of sp³-hybridized carbons (Fsp3) is 0.385. The molecule has 7 heteroatoms. The van der Waals surface area contributed by atoms with Crippen LogP contribution in [0.3, 0.4) is 0 Å². The average molecular weight is 285 g/mol. The summed E-state index contributed by atoms with van der Waals surface area (Å²) in [4.78, 5) is 22.7. The van der Waals surface area contributed by atoms with Gasteiger partial charge in [-0.1, -0.05) is 13.8 Å². The van der Waals surface area contributed by atoms with Crippen LogP contribution < -0.4 is 16.8 Å². The number of benzene rings is 1. The van der Waals surface area contributed by atoms with Crippen molar-refractivity contribution in [2.45, 2.75) is 26.3 Å². The molecule has 5 nitrogen and oxygen atoms in total. The Labute approximate surface area is 115 Å². The molecular formula is C13H17F2N3O2. The van der Waals surface area contributed by atoms with Gasteiger partial charge in [-0.25, -0.2) is 8.78 Å². The van der Waals surface area contributed by atoms with Crippen LogP contribution in [0.1, 0.15) is 30.6 Å². The van der Waals surface area contributed by atoms with Crippen molar-refractivity contribution in [2.75, 3.05) is 5.32 Å². The molecule has 0 saturated carbocycles. The van der Waals surface area contributed by atoms with Crippen LogP contribution in [0.5, 0.6) is 0 Å². The van der Waals surface area contributed by atoms with Gasteiger partial charge in [0.05, 0.1) is 17.3 Å². The Hall–Kier alpha value is -2.02. The Kier molecular flexibility index (Phi) is 5.15. The van der Waals surface area contributed by atoms with Crippen LogP contribution in [-0.2, 0) is 4.79 Å². The van der Waals surface area contributed by atoms with E-state index in [9.17, 15) is 18.4 Å². The number of anilines is 1. The lowest BCUT2D eigenvalue weighted by Gasteiger charge is -2.15. The summed E-state index contributed by atoms with van der Waals surface area (Å²) in [6.07, 6.45) is 0.414. The predicted octanol–water partition coefficient (Wildman–Crippen LogP) is 1.38. The van der Waals surface area contributed by atoms with Crippen LogP contribution in [0.2, 0.25) is 0 Å². The number of hydrogen-bond acceptors (Lipinski definition) is 3. The SMILES string of the molecule is CC(C)CC(N)C(=O)Nc1cc(C(N)=O)c(F)cc1F. The monoisotopic (exact) mass is 285 g/mol. The molecule has 0 bridgehead atoms. The van der Waals surface area contributed by atoms with Crippen molar-refractivity contribution >= 4 is 17.5 Å². The van der Waals surface area contributed by atoms with Crippen LogP contribution in [-0.4, -0.2) is 17.9 Å². The fourth-order valence-corrected chi connectivity index (χ4v) is 1.67. The lowest BCUT2D eigenvalue weighted by molar-refractivity contribution is -0.117. The van der Waals surface area contributed by atoms with E-state index in [-0.39, 0.29) is 11.6 Å². The van der Waals surface area contributed by atoms with Gasteiger partial charge in [0.15, 0.2) is 0 Å². The van der Waals surface area contributed by atoms with Gasteiger partial charge < -0.3 is 16.8 Å². The summed E-state index contributed by atoms with van der Waals surface area (Å²) in [5.41, 5.74) is 9.76. The van der Waals surface area contributed by atoms with Crippen molar-refractivity contribution in [3.05, 3.63) is 29.3 Å². The van der Waals surface area contributed by atoms with E-state index in [0.29, 0.717) is 12.5 Å². The molecule has 0 aliphatic rings. The van der Waals surface area contributed by atoms with Gasteiger partial charge in [0, 0.05) is 6.07 Å². The highest BCUT2D eigenvalue weighted by molar-refractivity contribution is 5.98. The Morgan fingerprint density at radius 3 is 2.35 bits per heavy atom. The van der Waals surface area contributed by atoms with Crippen molar-refractivity contribution < 1.29 is 18.4 Å². The van der Waals surface area contributed by atoms with E-state index in [4.69, 9.17) is 11.5 Å². The van der Waals surface area contributed by atoms with E-state index in [0.717, 1.165) is 6.07 Å². The van der Waals surface area contributed by atoms with Gasteiger partial charge in [-0.05, 0) is 18.4 Å². The number of halogens is 2. The summed E-state index contributed by atoms with van der Waals surface area (Å²) in [7, 11) is 0. The molecule has 1 aromatic rings. The Morgan fingerprint density at radius 2 is 1.85 bits per heavy atom. The van der Waals surface area contributed by atoms with Gasteiger partial charge in [-0.3, -0.25) is 9.59 Å². The minimum Gasteiger partial charge on any atom is -0.366 e. The molecular weight excluding hydrogens is 268 g/mol. The topological polar surface area (TPSA) is 98.2 Å². The summed E-state index contributed by atoms with van der Waals surface area (Å²) in [5.74, 6) is -3.56. The molecule has 0 aliphatic heterocycles. The summed E-state index contributed by atoms with van der Waals surface area (Å²) in [6, 6.07) is 0.521. The molecule has 20 heavy (non-hydrogen) atoms. The quantitative estimate of drug-likeness (QED) is 0.762. The van der Waals surface area contributed by atoms with Crippen molar-refractivity contribution in [3.8, 4) is 0 Å². The molecule has 1 aromatic carbocycles.